The van der Waals surface area contributed by atoms with Crippen LogP contribution in [0.2, 0.25) is 5.02 Å². The topological polar surface area (TPSA) is 54.5 Å². The molecule has 1 fully saturated rings. The quantitative estimate of drug-likeness (QED) is 0.768. The van der Waals surface area contributed by atoms with Gasteiger partial charge in [0.2, 0.25) is 0 Å². The first-order valence-corrected chi connectivity index (χ1v) is 9.17. The van der Waals surface area contributed by atoms with Gasteiger partial charge in [0.05, 0.1) is 6.61 Å². The van der Waals surface area contributed by atoms with Gasteiger partial charge in [0.1, 0.15) is 0 Å². The lowest BCUT2D eigenvalue weighted by Crippen LogP contribution is -2.44. The number of amides is 2. The lowest BCUT2D eigenvalue weighted by molar-refractivity contribution is 0.146. The highest BCUT2D eigenvalue weighted by Crippen LogP contribution is 2.47. The first-order valence-electron chi connectivity index (χ1n) is 8.80. The van der Waals surface area contributed by atoms with E-state index >= 15 is 0 Å². The van der Waals surface area contributed by atoms with Gasteiger partial charge in [-0.15, -0.1) is 0 Å². The van der Waals surface area contributed by atoms with Crippen molar-refractivity contribution in [3.05, 3.63) is 64.9 Å². The van der Waals surface area contributed by atoms with E-state index in [1.165, 1.54) is 5.56 Å². The molecule has 0 spiro atoms. The van der Waals surface area contributed by atoms with E-state index in [1.54, 1.807) is 24.4 Å². The highest BCUT2D eigenvalue weighted by Gasteiger charge is 2.44. The van der Waals surface area contributed by atoms with Crippen LogP contribution in [0.4, 0.5) is 4.79 Å². The maximum atomic E-state index is 12.7. The molecule has 0 unspecified atom stereocenters. The molecule has 0 atom stereocenters. The summed E-state index contributed by atoms with van der Waals surface area (Å²) >= 11 is 5.98. The first kappa shape index (κ1) is 18.7. The van der Waals surface area contributed by atoms with Crippen LogP contribution in [-0.2, 0) is 16.7 Å². The number of nitrogens with zero attached hydrogens (tertiary/aromatic N) is 2. The third kappa shape index (κ3) is 4.74. The molecule has 1 aliphatic rings. The molecule has 3 rings (SSSR count). The second-order valence-electron chi connectivity index (χ2n) is 6.72. The number of carbonyl (C=O) groups excluding carboxylic acids is 1. The summed E-state index contributed by atoms with van der Waals surface area (Å²) in [6.45, 7) is 2.17. The zero-order valence-corrected chi connectivity index (χ0v) is 15.7. The molecule has 26 heavy (non-hydrogen) atoms. The number of urea groups is 1. The number of rotatable bonds is 8. The minimum absolute atomic E-state index is 0.0431. The van der Waals surface area contributed by atoms with Crippen molar-refractivity contribution in [2.45, 2.75) is 24.8 Å². The molecule has 0 radical (unpaired) electrons. The SMILES string of the molecule is COCCN(Cc1cccnc1)C(=O)NCC1(c2ccc(Cl)cc2)CC1. The summed E-state index contributed by atoms with van der Waals surface area (Å²) in [6.07, 6.45) is 5.67. The number of pyridine rings is 1. The standard InChI is InChI=1S/C20H24ClN3O2/c1-26-12-11-24(14-16-3-2-10-22-13-16)19(25)23-15-20(8-9-20)17-4-6-18(21)7-5-17/h2-7,10,13H,8-9,11-12,14-15H2,1H3,(H,23,25). The third-order valence-corrected chi connectivity index (χ3v) is 5.09. The third-order valence-electron chi connectivity index (χ3n) is 4.84. The minimum Gasteiger partial charge on any atom is -0.383 e. The van der Waals surface area contributed by atoms with E-state index in [0.717, 1.165) is 23.4 Å². The average molecular weight is 374 g/mol. The van der Waals surface area contributed by atoms with Gasteiger partial charge in [-0.2, -0.15) is 0 Å². The van der Waals surface area contributed by atoms with Crippen LogP contribution < -0.4 is 5.32 Å². The van der Waals surface area contributed by atoms with Crippen LogP contribution in [0.5, 0.6) is 0 Å². The van der Waals surface area contributed by atoms with E-state index in [4.69, 9.17) is 16.3 Å². The monoisotopic (exact) mass is 373 g/mol. The Morgan fingerprint density at radius 1 is 1.31 bits per heavy atom. The van der Waals surface area contributed by atoms with Gasteiger partial charge in [-0.3, -0.25) is 4.98 Å². The molecule has 1 N–H and O–H groups in total. The Morgan fingerprint density at radius 3 is 2.69 bits per heavy atom. The number of carbonyl (C=O) groups is 1. The zero-order chi connectivity index (χ0) is 18.4. The average Bonchev–Trinajstić information content (AvgIpc) is 3.45. The Labute approximate surface area is 159 Å². The summed E-state index contributed by atoms with van der Waals surface area (Å²) in [4.78, 5) is 18.6. The van der Waals surface area contributed by atoms with Gasteiger partial charge in [0.25, 0.3) is 0 Å². The van der Waals surface area contributed by atoms with Gasteiger partial charge in [-0.1, -0.05) is 29.8 Å². The molecule has 0 aliphatic heterocycles. The number of hydrogen-bond acceptors (Lipinski definition) is 3. The number of ether oxygens (including phenoxy) is 1. The number of nitrogens with one attached hydrogen (secondary N) is 1. The molecule has 1 aromatic heterocycles. The van der Waals surface area contributed by atoms with Crippen molar-refractivity contribution in [2.24, 2.45) is 0 Å². The van der Waals surface area contributed by atoms with E-state index in [1.807, 2.05) is 24.3 Å². The van der Waals surface area contributed by atoms with E-state index in [2.05, 4.69) is 22.4 Å². The fraction of sp³-hybridized carbons (Fsp3) is 0.400. The predicted octanol–water partition coefficient (Wildman–Crippen LogP) is 3.62. The fourth-order valence-electron chi connectivity index (χ4n) is 3.04. The normalized spacial score (nSPS) is 14.7. The molecule has 5 nitrogen and oxygen atoms in total. The maximum Gasteiger partial charge on any atom is 0.317 e. The van der Waals surface area contributed by atoms with E-state index in [0.29, 0.717) is 26.2 Å². The fourth-order valence-corrected chi connectivity index (χ4v) is 3.17. The van der Waals surface area contributed by atoms with Crippen molar-refractivity contribution in [2.75, 3.05) is 26.8 Å². The molecule has 0 bridgehead atoms. The lowest BCUT2D eigenvalue weighted by atomic mass is 9.96. The molecule has 1 saturated carbocycles. The zero-order valence-electron chi connectivity index (χ0n) is 15.0. The highest BCUT2D eigenvalue weighted by molar-refractivity contribution is 6.30. The van der Waals surface area contributed by atoms with Crippen molar-refractivity contribution in [3.63, 3.8) is 0 Å². The van der Waals surface area contributed by atoms with Gasteiger partial charge < -0.3 is 15.0 Å². The molecule has 2 amide bonds. The lowest BCUT2D eigenvalue weighted by Gasteiger charge is -2.25. The molecular formula is C20H24ClN3O2. The second-order valence-corrected chi connectivity index (χ2v) is 7.16. The Kier molecular flexibility index (Phi) is 6.12. The Hall–Kier alpha value is -2.11. The van der Waals surface area contributed by atoms with Crippen molar-refractivity contribution in [1.82, 2.24) is 15.2 Å². The van der Waals surface area contributed by atoms with Crippen LogP contribution in [-0.4, -0.2) is 42.7 Å². The summed E-state index contributed by atoms with van der Waals surface area (Å²) in [5.74, 6) is 0. The summed E-state index contributed by atoms with van der Waals surface area (Å²) in [5.41, 5.74) is 2.28. The Bertz CT molecular complexity index is 718. The number of hydrogen-bond donors (Lipinski definition) is 1. The predicted molar refractivity (Wildman–Crippen MR) is 102 cm³/mol. The molecular weight excluding hydrogens is 350 g/mol. The molecule has 0 saturated heterocycles. The smallest absolute Gasteiger partial charge is 0.317 e. The summed E-state index contributed by atoms with van der Waals surface area (Å²) in [7, 11) is 1.64. The molecule has 2 aromatic rings. The van der Waals surface area contributed by atoms with Crippen molar-refractivity contribution in [3.8, 4) is 0 Å². The van der Waals surface area contributed by atoms with Gasteiger partial charge >= 0.3 is 6.03 Å². The van der Waals surface area contributed by atoms with Crippen molar-refractivity contribution in [1.29, 1.82) is 0 Å². The van der Waals surface area contributed by atoms with E-state index < -0.39 is 0 Å². The second kappa shape index (κ2) is 8.52. The number of aromatic nitrogens is 1. The summed E-state index contributed by atoms with van der Waals surface area (Å²) < 4.78 is 5.15. The molecule has 1 heterocycles. The Morgan fingerprint density at radius 2 is 2.08 bits per heavy atom. The molecule has 6 heteroatoms. The minimum atomic E-state index is -0.0776. The van der Waals surface area contributed by atoms with Crippen LogP contribution in [0.3, 0.4) is 0 Å². The van der Waals surface area contributed by atoms with Gasteiger partial charge in [-0.25, -0.2) is 4.79 Å². The maximum absolute atomic E-state index is 12.7. The van der Waals surface area contributed by atoms with E-state index in [9.17, 15) is 4.79 Å². The Balaban J connectivity index is 1.61. The largest absolute Gasteiger partial charge is 0.383 e. The number of halogens is 1. The van der Waals surface area contributed by atoms with Gasteiger partial charge in [0, 0.05) is 49.6 Å². The van der Waals surface area contributed by atoms with E-state index in [-0.39, 0.29) is 11.4 Å². The highest BCUT2D eigenvalue weighted by atomic mass is 35.5. The van der Waals surface area contributed by atoms with Gasteiger partial charge in [0.15, 0.2) is 0 Å². The van der Waals surface area contributed by atoms with Crippen LogP contribution in [0.15, 0.2) is 48.8 Å². The first-order chi connectivity index (χ1) is 12.6. The molecule has 1 aliphatic carbocycles. The van der Waals surface area contributed by atoms with Crippen LogP contribution >= 0.6 is 11.6 Å². The van der Waals surface area contributed by atoms with Crippen LogP contribution in [0.25, 0.3) is 0 Å². The number of methoxy groups -OCH3 is 1. The van der Waals surface area contributed by atoms with Gasteiger partial charge in [-0.05, 0) is 42.2 Å². The van der Waals surface area contributed by atoms with Crippen LogP contribution in [0, 0.1) is 0 Å². The summed E-state index contributed by atoms with van der Waals surface area (Å²) in [6, 6.07) is 11.7. The van der Waals surface area contributed by atoms with Crippen molar-refractivity contribution >= 4 is 17.6 Å². The summed E-state index contributed by atoms with van der Waals surface area (Å²) in [5, 5.41) is 3.84. The molecule has 138 valence electrons. The number of benzene rings is 1. The molecule has 1 aromatic carbocycles. The van der Waals surface area contributed by atoms with Crippen LogP contribution in [0.1, 0.15) is 24.0 Å². The van der Waals surface area contributed by atoms with Crippen molar-refractivity contribution < 1.29 is 9.53 Å².